The van der Waals surface area contributed by atoms with E-state index in [1.54, 1.807) is 12.1 Å². The maximum absolute atomic E-state index is 10.0. The molecule has 2 rings (SSSR count). The number of hydrogen-bond acceptors (Lipinski definition) is 6. The van der Waals surface area contributed by atoms with Crippen LogP contribution in [0.3, 0.4) is 0 Å². The fourth-order valence-corrected chi connectivity index (χ4v) is 2.32. The Morgan fingerprint density at radius 3 is 2.55 bits per heavy atom. The summed E-state index contributed by atoms with van der Waals surface area (Å²) in [6, 6.07) is 4.69. The fourth-order valence-electron chi connectivity index (χ4n) is 1.86. The molecule has 0 amide bonds. The van der Waals surface area contributed by atoms with E-state index >= 15 is 0 Å². The van der Waals surface area contributed by atoms with Crippen molar-refractivity contribution in [3.05, 3.63) is 33.8 Å². The van der Waals surface area contributed by atoms with Crippen LogP contribution in [0.4, 0.5) is 0 Å². The van der Waals surface area contributed by atoms with Gasteiger partial charge in [-0.2, -0.15) is 0 Å². The van der Waals surface area contributed by atoms with Crippen molar-refractivity contribution < 1.29 is 29.9 Å². The lowest BCUT2D eigenvalue weighted by atomic mass is 10.1. The van der Waals surface area contributed by atoms with Gasteiger partial charge in [0.15, 0.2) is 6.10 Å². The van der Waals surface area contributed by atoms with Crippen molar-refractivity contribution in [2.75, 3.05) is 6.61 Å². The number of rotatable bonds is 4. The third kappa shape index (κ3) is 3.08. The molecule has 1 saturated heterocycles. The summed E-state index contributed by atoms with van der Waals surface area (Å²) < 4.78 is 10.0. The van der Waals surface area contributed by atoms with E-state index in [1.807, 2.05) is 0 Å². The monoisotopic (exact) mass is 324 g/mol. The standard InChI is InChI=1S/C12H14Cl2O6/c13-7-2-1-6(8(14)3-7)5-19-12(18)11(17)10(16)9(4-15)20-12/h1-3,9-11,15-18H,4-5H2/t9-,10-,11-,12+/m1/s1. The van der Waals surface area contributed by atoms with Crippen LogP contribution in [-0.4, -0.2) is 51.3 Å². The molecule has 4 N–H and O–H groups in total. The Hall–Kier alpha value is -0.440. The van der Waals surface area contributed by atoms with E-state index in [0.717, 1.165) is 0 Å². The Morgan fingerprint density at radius 2 is 2.00 bits per heavy atom. The van der Waals surface area contributed by atoms with E-state index in [-0.39, 0.29) is 6.61 Å². The summed E-state index contributed by atoms with van der Waals surface area (Å²) in [5.41, 5.74) is 0.516. The minimum atomic E-state index is -2.41. The van der Waals surface area contributed by atoms with Crippen molar-refractivity contribution in [2.24, 2.45) is 0 Å². The van der Waals surface area contributed by atoms with Crippen LogP contribution in [-0.2, 0) is 16.1 Å². The second-order valence-electron chi connectivity index (χ2n) is 4.43. The largest absolute Gasteiger partial charge is 0.394 e. The molecule has 0 bridgehead atoms. The molecule has 4 atom stereocenters. The molecule has 1 fully saturated rings. The minimum Gasteiger partial charge on any atom is -0.394 e. The van der Waals surface area contributed by atoms with Crippen molar-refractivity contribution in [3.8, 4) is 0 Å². The van der Waals surface area contributed by atoms with E-state index in [2.05, 4.69) is 0 Å². The predicted molar refractivity (Wildman–Crippen MR) is 70.2 cm³/mol. The van der Waals surface area contributed by atoms with Crippen molar-refractivity contribution in [3.63, 3.8) is 0 Å². The van der Waals surface area contributed by atoms with Gasteiger partial charge in [-0.3, -0.25) is 0 Å². The molecule has 1 aromatic rings. The Bertz CT molecular complexity index is 485. The van der Waals surface area contributed by atoms with Gasteiger partial charge in [0.2, 0.25) is 0 Å². The van der Waals surface area contributed by atoms with Gasteiger partial charge < -0.3 is 29.9 Å². The zero-order chi connectivity index (χ0) is 14.9. The topological polar surface area (TPSA) is 99.4 Å². The molecule has 0 aliphatic carbocycles. The van der Waals surface area contributed by atoms with Crippen molar-refractivity contribution in [1.29, 1.82) is 0 Å². The first kappa shape index (κ1) is 15.9. The van der Waals surface area contributed by atoms with E-state index in [1.165, 1.54) is 6.07 Å². The number of halogens is 2. The summed E-state index contributed by atoms with van der Waals surface area (Å²) in [6.07, 6.45) is -4.29. The number of ether oxygens (including phenoxy) is 2. The van der Waals surface area contributed by atoms with Gasteiger partial charge >= 0.3 is 5.97 Å². The summed E-state index contributed by atoms with van der Waals surface area (Å²) in [5, 5.41) is 39.0. The highest BCUT2D eigenvalue weighted by molar-refractivity contribution is 6.35. The van der Waals surface area contributed by atoms with Crippen LogP contribution in [0, 0.1) is 0 Å². The zero-order valence-corrected chi connectivity index (χ0v) is 11.8. The maximum Gasteiger partial charge on any atom is 0.311 e. The van der Waals surface area contributed by atoms with Gasteiger partial charge in [-0.25, -0.2) is 0 Å². The molecule has 8 heteroatoms. The zero-order valence-electron chi connectivity index (χ0n) is 10.2. The molecule has 112 valence electrons. The Morgan fingerprint density at radius 1 is 1.30 bits per heavy atom. The normalized spacial score (nSPS) is 33.6. The highest BCUT2D eigenvalue weighted by Gasteiger charge is 2.54. The predicted octanol–water partition coefficient (Wildman–Crippen LogP) is 0.269. The van der Waals surface area contributed by atoms with Crippen LogP contribution in [0.1, 0.15) is 5.56 Å². The van der Waals surface area contributed by atoms with E-state index in [0.29, 0.717) is 15.6 Å². The molecule has 0 radical (unpaired) electrons. The summed E-state index contributed by atoms with van der Waals surface area (Å²) in [7, 11) is 0. The van der Waals surface area contributed by atoms with Crippen LogP contribution in [0.2, 0.25) is 10.0 Å². The van der Waals surface area contributed by atoms with Crippen molar-refractivity contribution in [1.82, 2.24) is 0 Å². The quantitative estimate of drug-likeness (QED) is 0.593. The molecular weight excluding hydrogens is 311 g/mol. The third-order valence-corrected chi connectivity index (χ3v) is 3.61. The average molecular weight is 325 g/mol. The van der Waals surface area contributed by atoms with Crippen LogP contribution in [0.15, 0.2) is 18.2 Å². The van der Waals surface area contributed by atoms with E-state index in [9.17, 15) is 15.3 Å². The molecule has 1 aromatic carbocycles. The number of hydrogen-bond donors (Lipinski definition) is 4. The Labute approximate surface area is 125 Å². The Balaban J connectivity index is 2.06. The SMILES string of the molecule is OC[C@H]1O[C@@](O)(OCc2ccc(Cl)cc2Cl)[C@H](O)[C@@H]1O. The van der Waals surface area contributed by atoms with Crippen molar-refractivity contribution >= 4 is 23.2 Å². The number of aliphatic hydroxyl groups excluding tert-OH is 3. The van der Waals surface area contributed by atoms with Crippen LogP contribution in [0.25, 0.3) is 0 Å². The second-order valence-corrected chi connectivity index (χ2v) is 5.27. The lowest BCUT2D eigenvalue weighted by Gasteiger charge is -2.25. The maximum atomic E-state index is 10.0. The number of aliphatic hydroxyl groups is 4. The van der Waals surface area contributed by atoms with Crippen LogP contribution >= 0.6 is 23.2 Å². The summed E-state index contributed by atoms with van der Waals surface area (Å²) in [4.78, 5) is 0. The first-order chi connectivity index (χ1) is 9.37. The molecule has 6 nitrogen and oxygen atoms in total. The molecule has 1 heterocycles. The molecule has 0 saturated carbocycles. The third-order valence-electron chi connectivity index (χ3n) is 3.03. The van der Waals surface area contributed by atoms with Gasteiger partial charge in [-0.05, 0) is 17.7 Å². The fraction of sp³-hybridized carbons (Fsp3) is 0.500. The number of benzene rings is 1. The molecule has 0 aromatic heterocycles. The van der Waals surface area contributed by atoms with Crippen LogP contribution in [0.5, 0.6) is 0 Å². The second kappa shape index (κ2) is 6.13. The first-order valence-electron chi connectivity index (χ1n) is 5.82. The van der Waals surface area contributed by atoms with Crippen molar-refractivity contribution in [2.45, 2.75) is 30.9 Å². The summed E-state index contributed by atoms with van der Waals surface area (Å²) in [5.74, 6) is -2.41. The molecule has 0 spiro atoms. The summed E-state index contributed by atoms with van der Waals surface area (Å²) >= 11 is 11.7. The summed E-state index contributed by atoms with van der Waals surface area (Å²) in [6.45, 7) is -0.736. The molecule has 1 aliphatic rings. The van der Waals surface area contributed by atoms with Gasteiger partial charge in [-0.15, -0.1) is 0 Å². The molecular formula is C12H14Cl2O6. The van der Waals surface area contributed by atoms with E-state index in [4.69, 9.17) is 37.8 Å². The highest BCUT2D eigenvalue weighted by atomic mass is 35.5. The first-order valence-corrected chi connectivity index (χ1v) is 6.58. The Kier molecular flexibility index (Phi) is 4.88. The average Bonchev–Trinajstić information content (AvgIpc) is 2.62. The smallest absolute Gasteiger partial charge is 0.311 e. The van der Waals surface area contributed by atoms with Gasteiger partial charge in [0.25, 0.3) is 0 Å². The van der Waals surface area contributed by atoms with Crippen LogP contribution < -0.4 is 0 Å². The van der Waals surface area contributed by atoms with Gasteiger partial charge in [0.1, 0.15) is 12.2 Å². The highest BCUT2D eigenvalue weighted by Crippen LogP contribution is 2.32. The van der Waals surface area contributed by atoms with Gasteiger partial charge in [-0.1, -0.05) is 29.3 Å². The minimum absolute atomic E-state index is 0.172. The van der Waals surface area contributed by atoms with E-state index < -0.39 is 30.9 Å². The lowest BCUT2D eigenvalue weighted by Crippen LogP contribution is -2.45. The molecule has 20 heavy (non-hydrogen) atoms. The van der Waals surface area contributed by atoms with Gasteiger partial charge in [0, 0.05) is 10.0 Å². The molecule has 1 aliphatic heterocycles. The molecule has 0 unspecified atom stereocenters. The lowest BCUT2D eigenvalue weighted by molar-refractivity contribution is -0.381. The van der Waals surface area contributed by atoms with Gasteiger partial charge in [0.05, 0.1) is 13.2 Å².